The van der Waals surface area contributed by atoms with E-state index < -0.39 is 0 Å². The van der Waals surface area contributed by atoms with Crippen molar-refractivity contribution >= 4 is 5.69 Å². The van der Waals surface area contributed by atoms with E-state index >= 15 is 0 Å². The minimum atomic E-state index is 0.948. The molecule has 3 nitrogen and oxygen atoms in total. The third-order valence-corrected chi connectivity index (χ3v) is 3.82. The van der Waals surface area contributed by atoms with Crippen molar-refractivity contribution in [1.82, 2.24) is 10.3 Å². The zero-order valence-corrected chi connectivity index (χ0v) is 13.3. The predicted octanol–water partition coefficient (Wildman–Crippen LogP) is 3.18. The molecule has 1 aromatic carbocycles. The summed E-state index contributed by atoms with van der Waals surface area (Å²) in [7, 11) is 2.15. The lowest BCUT2D eigenvalue weighted by Gasteiger charge is -2.21. The number of aryl methyl sites for hydroxylation is 1. The first-order valence-corrected chi connectivity index (χ1v) is 7.61. The van der Waals surface area contributed by atoms with Crippen molar-refractivity contribution in [3.8, 4) is 0 Å². The monoisotopic (exact) mass is 283 g/mol. The minimum Gasteiger partial charge on any atom is -0.374 e. The molecule has 21 heavy (non-hydrogen) atoms. The normalized spacial score (nSPS) is 10.6. The summed E-state index contributed by atoms with van der Waals surface area (Å²) in [4.78, 5) is 6.37. The molecule has 3 heteroatoms. The molecule has 2 aromatic rings. The van der Waals surface area contributed by atoms with Gasteiger partial charge in [-0.1, -0.05) is 13.0 Å². The third kappa shape index (κ3) is 4.57. The predicted molar refractivity (Wildman–Crippen MR) is 89.8 cm³/mol. The zero-order valence-electron chi connectivity index (χ0n) is 13.3. The van der Waals surface area contributed by atoms with Crippen LogP contribution < -0.4 is 10.2 Å². The fourth-order valence-corrected chi connectivity index (χ4v) is 2.35. The van der Waals surface area contributed by atoms with Crippen molar-refractivity contribution < 1.29 is 0 Å². The lowest BCUT2D eigenvalue weighted by Crippen LogP contribution is -2.20. The van der Waals surface area contributed by atoms with Gasteiger partial charge in [-0.2, -0.15) is 0 Å². The smallest absolute Gasteiger partial charge is 0.0366 e. The van der Waals surface area contributed by atoms with Crippen LogP contribution in [0.25, 0.3) is 0 Å². The van der Waals surface area contributed by atoms with E-state index in [9.17, 15) is 0 Å². The molecule has 2 rings (SSSR count). The van der Waals surface area contributed by atoms with Crippen LogP contribution in [0, 0.1) is 6.92 Å². The second kappa shape index (κ2) is 7.79. The number of nitrogens with one attached hydrogen (secondary N) is 1. The van der Waals surface area contributed by atoms with Crippen molar-refractivity contribution in [2.24, 2.45) is 0 Å². The summed E-state index contributed by atoms with van der Waals surface area (Å²) in [6, 6.07) is 10.9. The SMILES string of the molecule is CCNCc1ccc(N(C)CCc2ccncc2)cc1C. The second-order valence-corrected chi connectivity index (χ2v) is 5.42. The number of benzene rings is 1. The molecule has 0 bridgehead atoms. The molecule has 0 unspecified atom stereocenters. The molecule has 0 spiro atoms. The fourth-order valence-electron chi connectivity index (χ4n) is 2.35. The number of aromatic nitrogens is 1. The molecule has 0 saturated carbocycles. The van der Waals surface area contributed by atoms with Crippen molar-refractivity contribution in [1.29, 1.82) is 0 Å². The Morgan fingerprint density at radius 3 is 2.57 bits per heavy atom. The first kappa shape index (κ1) is 15.5. The number of hydrogen-bond donors (Lipinski definition) is 1. The van der Waals surface area contributed by atoms with Gasteiger partial charge in [0.15, 0.2) is 0 Å². The van der Waals surface area contributed by atoms with Crippen molar-refractivity contribution in [2.45, 2.75) is 26.8 Å². The van der Waals surface area contributed by atoms with E-state index in [1.807, 2.05) is 12.4 Å². The van der Waals surface area contributed by atoms with Gasteiger partial charge in [-0.05, 0) is 60.8 Å². The highest BCUT2D eigenvalue weighted by atomic mass is 15.1. The standard InChI is InChI=1S/C18H25N3/c1-4-19-14-17-5-6-18(13-15(17)2)21(3)12-9-16-7-10-20-11-8-16/h5-8,10-11,13,19H,4,9,12,14H2,1-3H3. The highest BCUT2D eigenvalue weighted by Crippen LogP contribution is 2.18. The lowest BCUT2D eigenvalue weighted by molar-refractivity contribution is 0.723. The number of nitrogens with zero attached hydrogens (tertiary/aromatic N) is 2. The molecule has 0 atom stereocenters. The minimum absolute atomic E-state index is 0.948. The topological polar surface area (TPSA) is 28.2 Å². The van der Waals surface area contributed by atoms with Gasteiger partial charge in [0.25, 0.3) is 0 Å². The molecule has 0 saturated heterocycles. The molecular formula is C18H25N3. The molecule has 1 aromatic heterocycles. The van der Waals surface area contributed by atoms with Gasteiger partial charge in [0, 0.05) is 38.2 Å². The maximum atomic E-state index is 4.06. The molecule has 0 radical (unpaired) electrons. The van der Waals surface area contributed by atoms with Gasteiger partial charge in [0.1, 0.15) is 0 Å². The Hall–Kier alpha value is -1.87. The molecule has 0 aliphatic rings. The van der Waals surface area contributed by atoms with Crippen LogP contribution in [-0.2, 0) is 13.0 Å². The largest absolute Gasteiger partial charge is 0.374 e. The summed E-state index contributed by atoms with van der Waals surface area (Å²) in [5, 5.41) is 3.38. The van der Waals surface area contributed by atoms with Gasteiger partial charge in [0.2, 0.25) is 0 Å². The van der Waals surface area contributed by atoms with Gasteiger partial charge in [-0.15, -0.1) is 0 Å². The summed E-state index contributed by atoms with van der Waals surface area (Å²) >= 11 is 0. The van der Waals surface area contributed by atoms with Gasteiger partial charge in [0.05, 0.1) is 0 Å². The highest BCUT2D eigenvalue weighted by molar-refractivity contribution is 5.50. The highest BCUT2D eigenvalue weighted by Gasteiger charge is 2.04. The van der Waals surface area contributed by atoms with E-state index in [1.54, 1.807) is 0 Å². The fraction of sp³-hybridized carbons (Fsp3) is 0.389. The maximum absolute atomic E-state index is 4.06. The Bertz CT molecular complexity index is 552. The number of likely N-dealkylation sites (N-methyl/N-ethyl adjacent to an activating group) is 1. The van der Waals surface area contributed by atoms with Crippen LogP contribution in [0.3, 0.4) is 0 Å². The van der Waals surface area contributed by atoms with Crippen LogP contribution in [0.5, 0.6) is 0 Å². The van der Waals surface area contributed by atoms with Crippen molar-refractivity contribution in [3.05, 3.63) is 59.4 Å². The summed E-state index contributed by atoms with van der Waals surface area (Å²) in [6.45, 7) is 7.29. The van der Waals surface area contributed by atoms with E-state index in [-0.39, 0.29) is 0 Å². The van der Waals surface area contributed by atoms with Crippen LogP contribution in [-0.4, -0.2) is 25.1 Å². The van der Waals surface area contributed by atoms with Crippen molar-refractivity contribution in [2.75, 3.05) is 25.0 Å². The molecular weight excluding hydrogens is 258 g/mol. The van der Waals surface area contributed by atoms with Crippen molar-refractivity contribution in [3.63, 3.8) is 0 Å². The molecule has 0 amide bonds. The Morgan fingerprint density at radius 2 is 1.90 bits per heavy atom. The molecule has 1 N–H and O–H groups in total. The van der Waals surface area contributed by atoms with E-state index in [4.69, 9.17) is 0 Å². The van der Waals surface area contributed by atoms with Gasteiger partial charge < -0.3 is 10.2 Å². The number of pyridine rings is 1. The Labute approximate surface area is 128 Å². The average molecular weight is 283 g/mol. The number of anilines is 1. The third-order valence-electron chi connectivity index (χ3n) is 3.82. The van der Waals surface area contributed by atoms with Gasteiger partial charge in [-0.3, -0.25) is 4.98 Å². The summed E-state index contributed by atoms with van der Waals surface area (Å²) < 4.78 is 0. The van der Waals surface area contributed by atoms with Crippen LogP contribution >= 0.6 is 0 Å². The first-order chi connectivity index (χ1) is 10.2. The van der Waals surface area contributed by atoms with Gasteiger partial charge in [-0.25, -0.2) is 0 Å². The Balaban J connectivity index is 1.96. The molecule has 112 valence electrons. The molecule has 0 aliphatic heterocycles. The lowest BCUT2D eigenvalue weighted by atomic mass is 10.1. The van der Waals surface area contributed by atoms with Gasteiger partial charge >= 0.3 is 0 Å². The average Bonchev–Trinajstić information content (AvgIpc) is 2.52. The van der Waals surface area contributed by atoms with E-state index in [0.29, 0.717) is 0 Å². The van der Waals surface area contributed by atoms with Crippen LogP contribution in [0.2, 0.25) is 0 Å². The zero-order chi connectivity index (χ0) is 15.1. The maximum Gasteiger partial charge on any atom is 0.0366 e. The summed E-state index contributed by atoms with van der Waals surface area (Å²) in [5.74, 6) is 0. The van der Waals surface area contributed by atoms with E-state index in [1.165, 1.54) is 22.4 Å². The number of hydrogen-bond acceptors (Lipinski definition) is 3. The molecule has 0 fully saturated rings. The quantitative estimate of drug-likeness (QED) is 0.846. The Kier molecular flexibility index (Phi) is 5.76. The summed E-state index contributed by atoms with van der Waals surface area (Å²) in [5.41, 5.74) is 5.34. The summed E-state index contributed by atoms with van der Waals surface area (Å²) in [6.07, 6.45) is 4.75. The van der Waals surface area contributed by atoms with E-state index in [0.717, 1.165) is 26.1 Å². The second-order valence-electron chi connectivity index (χ2n) is 5.42. The molecule has 0 aliphatic carbocycles. The van der Waals surface area contributed by atoms with Crippen LogP contribution in [0.4, 0.5) is 5.69 Å². The Morgan fingerprint density at radius 1 is 1.14 bits per heavy atom. The van der Waals surface area contributed by atoms with Crippen LogP contribution in [0.15, 0.2) is 42.7 Å². The van der Waals surface area contributed by atoms with E-state index in [2.05, 4.69) is 66.4 Å². The van der Waals surface area contributed by atoms with Crippen LogP contribution in [0.1, 0.15) is 23.6 Å². The first-order valence-electron chi connectivity index (χ1n) is 7.61. The molecule has 1 heterocycles. The number of rotatable bonds is 7.